The summed E-state index contributed by atoms with van der Waals surface area (Å²) in [6.07, 6.45) is 7.31. The summed E-state index contributed by atoms with van der Waals surface area (Å²) in [7, 11) is 0. The van der Waals surface area contributed by atoms with E-state index >= 15 is 0 Å². The van der Waals surface area contributed by atoms with Gasteiger partial charge >= 0.3 is 5.97 Å². The Morgan fingerprint density at radius 2 is 1.72 bits per heavy atom. The summed E-state index contributed by atoms with van der Waals surface area (Å²) in [4.78, 5) is 12.7. The Bertz CT molecular complexity index is 923. The molecule has 1 N–H and O–H groups in total. The third-order valence-corrected chi connectivity index (χ3v) is 7.80. The van der Waals surface area contributed by atoms with E-state index in [0.29, 0.717) is 18.6 Å². The van der Waals surface area contributed by atoms with E-state index < -0.39 is 5.41 Å². The van der Waals surface area contributed by atoms with Crippen LogP contribution in [-0.2, 0) is 16.1 Å². The van der Waals surface area contributed by atoms with Crippen molar-refractivity contribution in [3.05, 3.63) is 35.5 Å². The van der Waals surface area contributed by atoms with E-state index in [1.54, 1.807) is 0 Å². The van der Waals surface area contributed by atoms with Crippen LogP contribution in [0.5, 0.6) is 0 Å². The molecule has 1 aliphatic heterocycles. The first-order valence-corrected chi connectivity index (χ1v) is 12.8. The van der Waals surface area contributed by atoms with Crippen LogP contribution < -0.4 is 5.32 Å². The van der Waals surface area contributed by atoms with E-state index in [9.17, 15) is 4.79 Å². The lowest BCUT2D eigenvalue weighted by Gasteiger charge is -2.33. The van der Waals surface area contributed by atoms with Crippen LogP contribution in [-0.4, -0.2) is 23.6 Å². The molecule has 4 rings (SSSR count). The van der Waals surface area contributed by atoms with E-state index in [0.717, 1.165) is 37.8 Å². The molecule has 2 heterocycles. The van der Waals surface area contributed by atoms with Gasteiger partial charge in [-0.05, 0) is 102 Å². The van der Waals surface area contributed by atoms with Gasteiger partial charge in [0.25, 0.3) is 0 Å². The van der Waals surface area contributed by atoms with Crippen molar-refractivity contribution in [2.45, 2.75) is 91.7 Å². The summed E-state index contributed by atoms with van der Waals surface area (Å²) < 4.78 is 8.55. The van der Waals surface area contributed by atoms with Gasteiger partial charge in [-0.25, -0.2) is 0 Å². The number of rotatable bonds is 5. The Hall–Kier alpha value is -1.81. The molecule has 0 atom stereocenters. The highest BCUT2D eigenvalue weighted by Gasteiger charge is 2.32. The van der Waals surface area contributed by atoms with Gasteiger partial charge in [0.05, 0.1) is 11.1 Å². The van der Waals surface area contributed by atoms with Gasteiger partial charge in [-0.1, -0.05) is 32.0 Å². The van der Waals surface area contributed by atoms with Crippen molar-refractivity contribution in [2.24, 2.45) is 17.3 Å². The number of nitrogens with zero attached hydrogens (tertiary/aromatic N) is 1. The molecule has 0 spiro atoms. The van der Waals surface area contributed by atoms with Gasteiger partial charge in [0, 0.05) is 16.9 Å². The Kier molecular flexibility index (Phi) is 7.00. The van der Waals surface area contributed by atoms with Crippen molar-refractivity contribution >= 4 is 16.9 Å². The quantitative estimate of drug-likeness (QED) is 0.536. The number of carbonyl (C=O) groups excluding carboxylic acids is 1. The number of benzene rings is 1. The van der Waals surface area contributed by atoms with E-state index in [1.807, 2.05) is 20.8 Å². The zero-order chi connectivity index (χ0) is 22.9. The van der Waals surface area contributed by atoms with Crippen molar-refractivity contribution in [3.63, 3.8) is 0 Å². The number of hydrogen-bond acceptors (Lipinski definition) is 3. The van der Waals surface area contributed by atoms with Gasteiger partial charge < -0.3 is 14.6 Å². The maximum atomic E-state index is 12.7. The van der Waals surface area contributed by atoms with Crippen molar-refractivity contribution < 1.29 is 9.53 Å². The second-order valence-corrected chi connectivity index (χ2v) is 11.4. The average molecular weight is 439 g/mol. The Morgan fingerprint density at radius 1 is 1.06 bits per heavy atom. The zero-order valence-electron chi connectivity index (χ0n) is 20.7. The predicted molar refractivity (Wildman–Crippen MR) is 132 cm³/mol. The number of para-hydroxylation sites is 1. The zero-order valence-corrected chi connectivity index (χ0v) is 20.7. The molecule has 0 bridgehead atoms. The van der Waals surface area contributed by atoms with E-state index in [2.05, 4.69) is 48.0 Å². The third kappa shape index (κ3) is 4.76. The number of piperidine rings is 1. The first kappa shape index (κ1) is 23.4. The molecule has 4 heteroatoms. The SMILES string of the molecule is CC(C)C1CCC(n2c(COC(=O)C(C)(C)C)c(C3CCNCC3)c3ccccc32)CC1. The van der Waals surface area contributed by atoms with Crippen LogP contribution in [0.15, 0.2) is 24.3 Å². The van der Waals surface area contributed by atoms with Crippen LogP contribution >= 0.6 is 0 Å². The van der Waals surface area contributed by atoms with Crippen LogP contribution in [0.1, 0.15) is 96.4 Å². The first-order chi connectivity index (χ1) is 15.3. The maximum absolute atomic E-state index is 12.7. The summed E-state index contributed by atoms with van der Waals surface area (Å²) in [6, 6.07) is 9.39. The standard InChI is InChI=1S/C28H42N2O2/c1-19(2)20-10-12-22(13-11-20)30-24-9-7-6-8-23(24)26(21-14-16-29-17-15-21)25(30)18-32-27(31)28(3,4)5/h6-9,19-22,29H,10-18H2,1-5H3. The largest absolute Gasteiger partial charge is 0.459 e. The number of nitrogens with one attached hydrogen (secondary N) is 1. The molecule has 2 aliphatic rings. The molecule has 1 saturated carbocycles. The normalized spacial score (nSPS) is 23.1. The molecular formula is C28H42N2O2. The monoisotopic (exact) mass is 438 g/mol. The molecule has 32 heavy (non-hydrogen) atoms. The van der Waals surface area contributed by atoms with Crippen molar-refractivity contribution in [3.8, 4) is 0 Å². The highest BCUT2D eigenvalue weighted by atomic mass is 16.5. The average Bonchev–Trinajstić information content (AvgIpc) is 3.11. The number of aromatic nitrogens is 1. The molecule has 176 valence electrons. The van der Waals surface area contributed by atoms with Crippen LogP contribution in [0.2, 0.25) is 0 Å². The minimum absolute atomic E-state index is 0.117. The van der Waals surface area contributed by atoms with E-state index in [-0.39, 0.29) is 5.97 Å². The fourth-order valence-electron chi connectivity index (χ4n) is 5.85. The molecule has 1 aromatic heterocycles. The summed E-state index contributed by atoms with van der Waals surface area (Å²) in [5, 5.41) is 4.88. The molecule has 0 unspecified atom stereocenters. The molecule has 4 nitrogen and oxygen atoms in total. The lowest BCUT2D eigenvalue weighted by atomic mass is 9.79. The van der Waals surface area contributed by atoms with E-state index in [4.69, 9.17) is 4.74 Å². The summed E-state index contributed by atoms with van der Waals surface area (Å²) in [5.74, 6) is 2.00. The molecule has 2 fully saturated rings. The third-order valence-electron chi connectivity index (χ3n) is 7.80. The summed E-state index contributed by atoms with van der Waals surface area (Å²) in [5.41, 5.74) is 3.54. The minimum Gasteiger partial charge on any atom is -0.459 e. The minimum atomic E-state index is -0.485. The summed E-state index contributed by atoms with van der Waals surface area (Å²) in [6.45, 7) is 13.0. The molecular weight excluding hydrogens is 396 g/mol. The van der Waals surface area contributed by atoms with Gasteiger partial charge in [0.1, 0.15) is 6.61 Å². The number of fused-ring (bicyclic) bond motifs is 1. The molecule has 1 aromatic carbocycles. The lowest BCUT2D eigenvalue weighted by molar-refractivity contribution is -0.154. The Balaban J connectivity index is 1.75. The van der Waals surface area contributed by atoms with Gasteiger partial charge in [-0.2, -0.15) is 0 Å². The fourth-order valence-corrected chi connectivity index (χ4v) is 5.85. The molecule has 2 aromatic rings. The smallest absolute Gasteiger partial charge is 0.311 e. The Labute approximate surface area is 194 Å². The topological polar surface area (TPSA) is 43.3 Å². The molecule has 0 amide bonds. The number of hydrogen-bond donors (Lipinski definition) is 1. The number of carbonyl (C=O) groups is 1. The van der Waals surface area contributed by atoms with Gasteiger partial charge in [0.2, 0.25) is 0 Å². The predicted octanol–water partition coefficient (Wildman–Crippen LogP) is 6.58. The second kappa shape index (κ2) is 9.59. The van der Waals surface area contributed by atoms with Gasteiger partial charge in [-0.15, -0.1) is 0 Å². The fraction of sp³-hybridized carbons (Fsp3) is 0.679. The second-order valence-electron chi connectivity index (χ2n) is 11.4. The highest BCUT2D eigenvalue weighted by Crippen LogP contribution is 2.43. The molecule has 1 saturated heterocycles. The molecule has 1 aliphatic carbocycles. The van der Waals surface area contributed by atoms with E-state index in [1.165, 1.54) is 47.8 Å². The van der Waals surface area contributed by atoms with Crippen LogP contribution in [0.3, 0.4) is 0 Å². The summed E-state index contributed by atoms with van der Waals surface area (Å²) >= 11 is 0. The first-order valence-electron chi connectivity index (χ1n) is 12.8. The van der Waals surface area contributed by atoms with Crippen molar-refractivity contribution in [2.75, 3.05) is 13.1 Å². The Morgan fingerprint density at radius 3 is 2.34 bits per heavy atom. The van der Waals surface area contributed by atoms with Crippen molar-refractivity contribution in [1.29, 1.82) is 0 Å². The molecule has 0 radical (unpaired) electrons. The lowest BCUT2D eigenvalue weighted by Crippen LogP contribution is -2.28. The maximum Gasteiger partial charge on any atom is 0.311 e. The number of ether oxygens (including phenoxy) is 1. The highest BCUT2D eigenvalue weighted by molar-refractivity contribution is 5.86. The van der Waals surface area contributed by atoms with Gasteiger partial charge in [-0.3, -0.25) is 4.79 Å². The number of esters is 1. The van der Waals surface area contributed by atoms with Gasteiger partial charge in [0.15, 0.2) is 0 Å². The van der Waals surface area contributed by atoms with Crippen LogP contribution in [0.25, 0.3) is 10.9 Å². The van der Waals surface area contributed by atoms with Crippen LogP contribution in [0.4, 0.5) is 0 Å². The van der Waals surface area contributed by atoms with Crippen molar-refractivity contribution in [1.82, 2.24) is 9.88 Å². The van der Waals surface area contributed by atoms with Crippen LogP contribution in [0, 0.1) is 17.3 Å².